The predicted octanol–water partition coefficient (Wildman–Crippen LogP) is 2.50. The Balaban J connectivity index is 2.39. The second-order valence-corrected chi connectivity index (χ2v) is 4.43. The lowest BCUT2D eigenvalue weighted by Gasteiger charge is -2.10. The summed E-state index contributed by atoms with van der Waals surface area (Å²) in [5, 5.41) is 18.3. The number of nitro benzene ring substituents is 1. The molecule has 1 aromatic carbocycles. The number of benzene rings is 1. The van der Waals surface area contributed by atoms with Gasteiger partial charge in [-0.2, -0.15) is 5.10 Å². The van der Waals surface area contributed by atoms with Crippen molar-refractivity contribution in [1.82, 2.24) is 9.78 Å². The van der Waals surface area contributed by atoms with Gasteiger partial charge in [0.2, 0.25) is 0 Å². The number of nitrogens with zero attached hydrogens (tertiary/aromatic N) is 3. The van der Waals surface area contributed by atoms with Crippen LogP contribution >= 0.6 is 0 Å². The highest BCUT2D eigenvalue weighted by Gasteiger charge is 2.12. The zero-order valence-corrected chi connectivity index (χ0v) is 11.2. The Bertz CT molecular complexity index is 619. The average Bonchev–Trinajstić information content (AvgIpc) is 2.67. The number of non-ortho nitro benzene ring substituents is 1. The lowest BCUT2D eigenvalue weighted by atomic mass is 10.1. The molecule has 2 aromatic rings. The molecule has 0 spiro atoms. The molecule has 0 aliphatic rings. The van der Waals surface area contributed by atoms with E-state index >= 15 is 0 Å². The molecule has 6 heteroatoms. The van der Waals surface area contributed by atoms with Crippen molar-refractivity contribution in [2.45, 2.75) is 20.4 Å². The van der Waals surface area contributed by atoms with E-state index < -0.39 is 0 Å². The minimum Gasteiger partial charge on any atom is -0.388 e. The third-order valence-electron chi connectivity index (χ3n) is 2.99. The van der Waals surface area contributed by atoms with Crippen LogP contribution in [0.3, 0.4) is 0 Å². The van der Waals surface area contributed by atoms with E-state index in [4.69, 9.17) is 0 Å². The molecule has 0 radical (unpaired) electrons. The second kappa shape index (κ2) is 5.09. The van der Waals surface area contributed by atoms with Crippen LogP contribution in [0.4, 0.5) is 11.4 Å². The predicted molar refractivity (Wildman–Crippen MR) is 73.4 cm³/mol. The fourth-order valence-corrected chi connectivity index (χ4v) is 2.06. The van der Waals surface area contributed by atoms with Gasteiger partial charge in [-0.3, -0.25) is 14.8 Å². The van der Waals surface area contributed by atoms with Crippen molar-refractivity contribution in [3.63, 3.8) is 0 Å². The van der Waals surface area contributed by atoms with Gasteiger partial charge in [0.1, 0.15) is 0 Å². The highest BCUT2D eigenvalue weighted by atomic mass is 16.6. The third-order valence-corrected chi connectivity index (χ3v) is 2.99. The largest absolute Gasteiger partial charge is 0.388 e. The summed E-state index contributed by atoms with van der Waals surface area (Å²) in [7, 11) is 1.80. The molecular formula is C13H16N4O2. The Hall–Kier alpha value is -2.37. The van der Waals surface area contributed by atoms with Crippen LogP contribution in [0.5, 0.6) is 0 Å². The first-order chi connectivity index (χ1) is 9.01. The highest BCUT2D eigenvalue weighted by Crippen LogP contribution is 2.23. The lowest BCUT2D eigenvalue weighted by molar-refractivity contribution is -0.384. The van der Waals surface area contributed by atoms with Gasteiger partial charge in [0.25, 0.3) is 5.69 Å². The van der Waals surface area contributed by atoms with Crippen molar-refractivity contribution >= 4 is 11.4 Å². The van der Waals surface area contributed by atoms with Crippen LogP contribution in [-0.4, -0.2) is 21.8 Å². The number of aromatic nitrogens is 2. The summed E-state index contributed by atoms with van der Waals surface area (Å²) < 4.78 is 1.84. The first-order valence-electron chi connectivity index (χ1n) is 5.97. The van der Waals surface area contributed by atoms with Gasteiger partial charge >= 0.3 is 0 Å². The van der Waals surface area contributed by atoms with E-state index in [1.165, 1.54) is 6.07 Å². The Kier molecular flexibility index (Phi) is 3.50. The van der Waals surface area contributed by atoms with Crippen molar-refractivity contribution in [3.8, 4) is 0 Å². The summed E-state index contributed by atoms with van der Waals surface area (Å²) in [6.07, 6.45) is 0. The smallest absolute Gasteiger partial charge is 0.269 e. The van der Waals surface area contributed by atoms with Gasteiger partial charge in [0.05, 0.1) is 17.2 Å². The fourth-order valence-electron chi connectivity index (χ4n) is 2.06. The maximum absolute atomic E-state index is 10.8. The Morgan fingerprint density at radius 3 is 2.63 bits per heavy atom. The topological polar surface area (TPSA) is 73.0 Å². The molecule has 0 fully saturated rings. The number of hydrogen-bond acceptors (Lipinski definition) is 4. The van der Waals surface area contributed by atoms with Gasteiger partial charge in [-0.1, -0.05) is 0 Å². The molecule has 1 N–H and O–H groups in total. The zero-order chi connectivity index (χ0) is 14.0. The Morgan fingerprint density at radius 1 is 1.37 bits per heavy atom. The monoisotopic (exact) mass is 260 g/mol. The van der Waals surface area contributed by atoms with E-state index in [1.807, 2.05) is 24.6 Å². The summed E-state index contributed by atoms with van der Waals surface area (Å²) in [5.41, 5.74) is 3.79. The van der Waals surface area contributed by atoms with Crippen LogP contribution in [0.25, 0.3) is 0 Å². The molecule has 0 atom stereocenters. The molecule has 1 heterocycles. The first-order valence-corrected chi connectivity index (χ1v) is 5.97. The number of nitro groups is 1. The van der Waals surface area contributed by atoms with Crippen molar-refractivity contribution < 1.29 is 4.92 Å². The van der Waals surface area contributed by atoms with Gasteiger partial charge in [-0.25, -0.2) is 0 Å². The number of anilines is 1. The van der Waals surface area contributed by atoms with E-state index in [0.29, 0.717) is 6.54 Å². The van der Waals surface area contributed by atoms with Crippen LogP contribution in [0.15, 0.2) is 24.3 Å². The standard InChI is InChI=1S/C13H16N4O2/c1-9-6-10(2)16(15-9)8-11-7-12(17(18)19)4-5-13(11)14-3/h4-7,14H,8H2,1-3H3. The number of rotatable bonds is 4. The summed E-state index contributed by atoms with van der Waals surface area (Å²) in [5.74, 6) is 0. The molecule has 0 unspecified atom stereocenters. The van der Waals surface area contributed by atoms with Gasteiger partial charge in [0.15, 0.2) is 0 Å². The molecule has 0 bridgehead atoms. The number of aryl methyl sites for hydroxylation is 2. The molecule has 0 saturated heterocycles. The van der Waals surface area contributed by atoms with E-state index in [2.05, 4.69) is 10.4 Å². The molecular weight excluding hydrogens is 244 g/mol. The van der Waals surface area contributed by atoms with E-state index in [0.717, 1.165) is 22.6 Å². The van der Waals surface area contributed by atoms with E-state index in [1.54, 1.807) is 19.2 Å². The lowest BCUT2D eigenvalue weighted by Crippen LogP contribution is -2.07. The molecule has 0 aliphatic heterocycles. The van der Waals surface area contributed by atoms with E-state index in [-0.39, 0.29) is 10.6 Å². The van der Waals surface area contributed by atoms with Gasteiger partial charge < -0.3 is 5.32 Å². The van der Waals surface area contributed by atoms with Crippen LogP contribution in [-0.2, 0) is 6.54 Å². The fraction of sp³-hybridized carbons (Fsp3) is 0.308. The number of hydrogen-bond donors (Lipinski definition) is 1. The quantitative estimate of drug-likeness (QED) is 0.677. The van der Waals surface area contributed by atoms with Crippen molar-refractivity contribution in [3.05, 3.63) is 51.3 Å². The summed E-state index contributed by atoms with van der Waals surface area (Å²) >= 11 is 0. The maximum Gasteiger partial charge on any atom is 0.269 e. The van der Waals surface area contributed by atoms with Crippen LogP contribution in [0, 0.1) is 24.0 Å². The molecule has 100 valence electrons. The molecule has 1 aromatic heterocycles. The highest BCUT2D eigenvalue weighted by molar-refractivity contribution is 5.55. The Morgan fingerprint density at radius 2 is 2.11 bits per heavy atom. The van der Waals surface area contributed by atoms with E-state index in [9.17, 15) is 10.1 Å². The summed E-state index contributed by atoms with van der Waals surface area (Å²) in [6, 6.07) is 6.79. The van der Waals surface area contributed by atoms with Gasteiger partial charge in [-0.15, -0.1) is 0 Å². The van der Waals surface area contributed by atoms with Gasteiger partial charge in [0, 0.05) is 36.1 Å². The third kappa shape index (κ3) is 2.73. The zero-order valence-electron chi connectivity index (χ0n) is 11.2. The van der Waals surface area contributed by atoms with Crippen LogP contribution < -0.4 is 5.32 Å². The minimum atomic E-state index is -0.385. The molecule has 0 aliphatic carbocycles. The molecule has 0 amide bonds. The molecule has 0 saturated carbocycles. The van der Waals surface area contributed by atoms with Crippen molar-refractivity contribution in [1.29, 1.82) is 0 Å². The Labute approximate surface area is 111 Å². The first kappa shape index (κ1) is 13.1. The minimum absolute atomic E-state index is 0.0931. The van der Waals surface area contributed by atoms with Crippen molar-refractivity contribution in [2.24, 2.45) is 0 Å². The molecule has 19 heavy (non-hydrogen) atoms. The van der Waals surface area contributed by atoms with Crippen LogP contribution in [0.1, 0.15) is 17.0 Å². The molecule has 2 rings (SSSR count). The molecule has 6 nitrogen and oxygen atoms in total. The number of nitrogens with one attached hydrogen (secondary N) is 1. The summed E-state index contributed by atoms with van der Waals surface area (Å²) in [4.78, 5) is 10.5. The average molecular weight is 260 g/mol. The van der Waals surface area contributed by atoms with Crippen LogP contribution in [0.2, 0.25) is 0 Å². The normalized spacial score (nSPS) is 10.5. The SMILES string of the molecule is CNc1ccc([N+](=O)[O-])cc1Cn1nc(C)cc1C. The van der Waals surface area contributed by atoms with Gasteiger partial charge in [-0.05, 0) is 26.0 Å². The maximum atomic E-state index is 10.8. The second-order valence-electron chi connectivity index (χ2n) is 4.43. The summed E-state index contributed by atoms with van der Waals surface area (Å²) in [6.45, 7) is 4.41. The van der Waals surface area contributed by atoms with Crippen molar-refractivity contribution in [2.75, 3.05) is 12.4 Å².